The first-order chi connectivity index (χ1) is 16.1. The number of anilines is 4. The fraction of sp³-hybridized carbons (Fsp3) is 0.304. The van der Waals surface area contributed by atoms with E-state index in [1.165, 1.54) is 10.9 Å². The lowest BCUT2D eigenvalue weighted by Crippen LogP contribution is -2.12. The summed E-state index contributed by atoms with van der Waals surface area (Å²) in [5.74, 6) is 2.02. The van der Waals surface area contributed by atoms with Crippen LogP contribution in [0.1, 0.15) is 35.8 Å². The molecule has 34 heavy (non-hydrogen) atoms. The van der Waals surface area contributed by atoms with Crippen LogP contribution in [0.4, 0.5) is 23.0 Å². The van der Waals surface area contributed by atoms with E-state index in [1.807, 2.05) is 13.0 Å². The van der Waals surface area contributed by atoms with E-state index in [0.717, 1.165) is 24.1 Å². The number of hydrogen-bond acceptors (Lipinski definition) is 8. The van der Waals surface area contributed by atoms with E-state index in [0.29, 0.717) is 45.8 Å². The van der Waals surface area contributed by atoms with Crippen molar-refractivity contribution in [1.29, 1.82) is 0 Å². The lowest BCUT2D eigenvalue weighted by Gasteiger charge is -2.14. The molecule has 176 valence electrons. The zero-order valence-corrected chi connectivity index (χ0v) is 20.1. The van der Waals surface area contributed by atoms with Crippen molar-refractivity contribution in [3.63, 3.8) is 0 Å². The maximum atomic E-state index is 12.8. The van der Waals surface area contributed by atoms with Crippen molar-refractivity contribution in [2.75, 3.05) is 16.9 Å². The number of pyridine rings is 1. The van der Waals surface area contributed by atoms with Gasteiger partial charge < -0.3 is 10.6 Å². The molecule has 0 amide bonds. The summed E-state index contributed by atoms with van der Waals surface area (Å²) in [5.41, 5.74) is 2.73. The SMILES string of the molecule is Cc1cc(Nc2cc(Nc3ccc(C4CC4)cc3S(C)(=O)=O)c3c(=O)n(C)[nH]c3n2)nc(C)n1. The van der Waals surface area contributed by atoms with Crippen LogP contribution >= 0.6 is 0 Å². The zero-order valence-electron chi connectivity index (χ0n) is 19.3. The van der Waals surface area contributed by atoms with Gasteiger partial charge in [0.25, 0.3) is 5.56 Å². The summed E-state index contributed by atoms with van der Waals surface area (Å²) in [6, 6.07) is 8.89. The Labute approximate surface area is 196 Å². The fourth-order valence-corrected chi connectivity index (χ4v) is 4.93. The van der Waals surface area contributed by atoms with Crippen LogP contribution in [0, 0.1) is 13.8 Å². The Morgan fingerprint density at radius 1 is 1.00 bits per heavy atom. The van der Waals surface area contributed by atoms with Crippen LogP contribution in [0.3, 0.4) is 0 Å². The third-order valence-corrected chi connectivity index (χ3v) is 6.89. The highest BCUT2D eigenvalue weighted by Crippen LogP contribution is 2.42. The molecule has 1 saturated carbocycles. The van der Waals surface area contributed by atoms with Crippen molar-refractivity contribution in [1.82, 2.24) is 24.7 Å². The first kappa shape index (κ1) is 22.1. The number of benzene rings is 1. The number of aromatic amines is 1. The number of sulfone groups is 1. The van der Waals surface area contributed by atoms with Crippen molar-refractivity contribution in [2.24, 2.45) is 7.05 Å². The molecule has 1 aromatic carbocycles. The highest BCUT2D eigenvalue weighted by Gasteiger charge is 2.26. The molecule has 0 saturated heterocycles. The molecule has 1 fully saturated rings. The van der Waals surface area contributed by atoms with Crippen LogP contribution in [0.5, 0.6) is 0 Å². The van der Waals surface area contributed by atoms with Crippen LogP contribution in [0.25, 0.3) is 11.0 Å². The number of nitrogens with zero attached hydrogens (tertiary/aromatic N) is 4. The van der Waals surface area contributed by atoms with Crippen molar-refractivity contribution >= 4 is 43.9 Å². The molecule has 3 aromatic heterocycles. The second kappa shape index (κ2) is 7.94. The van der Waals surface area contributed by atoms with Gasteiger partial charge in [0.15, 0.2) is 15.5 Å². The van der Waals surface area contributed by atoms with Gasteiger partial charge >= 0.3 is 0 Å². The third kappa shape index (κ3) is 4.26. The number of H-pyrrole nitrogens is 1. The average Bonchev–Trinajstić information content (AvgIpc) is 3.53. The molecule has 1 aliphatic carbocycles. The summed E-state index contributed by atoms with van der Waals surface area (Å²) in [7, 11) is -1.91. The maximum absolute atomic E-state index is 12.8. The van der Waals surface area contributed by atoms with Gasteiger partial charge in [-0.15, -0.1) is 0 Å². The van der Waals surface area contributed by atoms with E-state index in [9.17, 15) is 13.2 Å². The summed E-state index contributed by atoms with van der Waals surface area (Å²) in [6.45, 7) is 3.67. The molecule has 4 aromatic rings. The summed E-state index contributed by atoms with van der Waals surface area (Å²) in [4.78, 5) is 26.2. The number of aryl methyl sites for hydroxylation is 3. The Balaban J connectivity index is 1.62. The van der Waals surface area contributed by atoms with Gasteiger partial charge in [-0.05, 0) is 50.3 Å². The van der Waals surface area contributed by atoms with Crippen molar-refractivity contribution in [3.05, 3.63) is 57.8 Å². The monoisotopic (exact) mass is 479 g/mol. The molecule has 0 unspecified atom stereocenters. The molecule has 3 N–H and O–H groups in total. The van der Waals surface area contributed by atoms with E-state index in [-0.39, 0.29) is 10.5 Å². The van der Waals surface area contributed by atoms with E-state index in [4.69, 9.17) is 0 Å². The molecule has 0 spiro atoms. The van der Waals surface area contributed by atoms with Crippen LogP contribution in [-0.4, -0.2) is 39.4 Å². The number of nitrogens with one attached hydrogen (secondary N) is 3. The van der Waals surface area contributed by atoms with Gasteiger partial charge in [0.2, 0.25) is 0 Å². The van der Waals surface area contributed by atoms with Gasteiger partial charge in [-0.3, -0.25) is 14.6 Å². The van der Waals surface area contributed by atoms with Gasteiger partial charge in [0, 0.05) is 31.1 Å². The van der Waals surface area contributed by atoms with E-state index in [1.54, 1.807) is 38.2 Å². The predicted molar refractivity (Wildman–Crippen MR) is 131 cm³/mol. The minimum absolute atomic E-state index is 0.200. The smallest absolute Gasteiger partial charge is 0.277 e. The lowest BCUT2D eigenvalue weighted by atomic mass is 10.1. The van der Waals surface area contributed by atoms with E-state index < -0.39 is 9.84 Å². The highest BCUT2D eigenvalue weighted by atomic mass is 32.2. The maximum Gasteiger partial charge on any atom is 0.277 e. The Kier molecular flexibility index (Phi) is 5.16. The first-order valence-corrected chi connectivity index (χ1v) is 12.8. The molecular formula is C23H25N7O3S. The topological polar surface area (TPSA) is 135 Å². The van der Waals surface area contributed by atoms with Gasteiger partial charge in [-0.1, -0.05) is 6.07 Å². The van der Waals surface area contributed by atoms with Gasteiger partial charge in [0.05, 0.1) is 16.3 Å². The van der Waals surface area contributed by atoms with Gasteiger partial charge in [-0.25, -0.2) is 23.4 Å². The molecule has 0 aliphatic heterocycles. The van der Waals surface area contributed by atoms with Crippen molar-refractivity contribution in [3.8, 4) is 0 Å². The summed E-state index contributed by atoms with van der Waals surface area (Å²) < 4.78 is 26.5. The molecule has 1 aliphatic rings. The number of fused-ring (bicyclic) bond motifs is 1. The molecule has 11 heteroatoms. The Bertz CT molecular complexity index is 1580. The lowest BCUT2D eigenvalue weighted by molar-refractivity contribution is 0.602. The van der Waals surface area contributed by atoms with Crippen molar-refractivity contribution < 1.29 is 8.42 Å². The van der Waals surface area contributed by atoms with Crippen LogP contribution in [0.15, 0.2) is 40.0 Å². The van der Waals surface area contributed by atoms with Crippen molar-refractivity contribution in [2.45, 2.75) is 37.5 Å². The molecule has 3 heterocycles. The van der Waals surface area contributed by atoms with E-state index in [2.05, 4.69) is 30.7 Å². The Morgan fingerprint density at radius 2 is 1.74 bits per heavy atom. The second-order valence-electron chi connectivity index (χ2n) is 8.75. The quantitative estimate of drug-likeness (QED) is 0.383. The Morgan fingerprint density at radius 3 is 2.41 bits per heavy atom. The fourth-order valence-electron chi connectivity index (χ4n) is 4.06. The molecule has 0 atom stereocenters. The summed E-state index contributed by atoms with van der Waals surface area (Å²) in [5, 5.41) is 9.61. The van der Waals surface area contributed by atoms with Crippen LogP contribution < -0.4 is 16.2 Å². The zero-order chi connectivity index (χ0) is 24.2. The van der Waals surface area contributed by atoms with Gasteiger partial charge in [0.1, 0.15) is 22.8 Å². The molecule has 0 bridgehead atoms. The molecule has 5 rings (SSSR count). The second-order valence-corrected chi connectivity index (χ2v) is 10.7. The largest absolute Gasteiger partial charge is 0.354 e. The van der Waals surface area contributed by atoms with Gasteiger partial charge in [-0.2, -0.15) is 0 Å². The standard InChI is InChI=1S/C23H25N7O3S/c1-12-9-19(25-13(2)24-12)27-20-11-17(21-22(28-20)29-30(3)23(21)31)26-16-8-7-15(14-5-6-14)10-18(16)34(4,32)33/h7-11,14H,5-6H2,1-4H3,(H3,24,25,26,27,28,29). The highest BCUT2D eigenvalue weighted by molar-refractivity contribution is 7.90. The minimum Gasteiger partial charge on any atom is -0.354 e. The third-order valence-electron chi connectivity index (χ3n) is 5.76. The van der Waals surface area contributed by atoms with Crippen LogP contribution in [-0.2, 0) is 16.9 Å². The first-order valence-electron chi connectivity index (χ1n) is 10.9. The minimum atomic E-state index is -3.51. The normalized spacial score (nSPS) is 13.9. The average molecular weight is 480 g/mol. The number of hydrogen-bond donors (Lipinski definition) is 3. The predicted octanol–water partition coefficient (Wildman–Crippen LogP) is 3.44. The summed E-state index contributed by atoms with van der Waals surface area (Å²) >= 11 is 0. The molecular weight excluding hydrogens is 454 g/mol. The van der Waals surface area contributed by atoms with Crippen LogP contribution in [0.2, 0.25) is 0 Å². The summed E-state index contributed by atoms with van der Waals surface area (Å²) in [6.07, 6.45) is 3.32. The molecule has 10 nitrogen and oxygen atoms in total. The Hall–Kier alpha value is -3.73. The number of aromatic nitrogens is 5. The van der Waals surface area contributed by atoms with E-state index >= 15 is 0 Å². The number of rotatable bonds is 6. The molecule has 0 radical (unpaired) electrons.